The van der Waals surface area contributed by atoms with Gasteiger partial charge in [-0.25, -0.2) is 14.4 Å². The number of rotatable bonds is 10. The molecule has 0 amide bonds. The van der Waals surface area contributed by atoms with Gasteiger partial charge >= 0.3 is 17.9 Å². The molecule has 2 saturated heterocycles. The first-order chi connectivity index (χ1) is 23.1. The summed E-state index contributed by atoms with van der Waals surface area (Å²) in [6, 6.07) is 0.263. The molecule has 13 atom stereocenters. The Morgan fingerprint density at radius 3 is 2.29 bits per heavy atom. The summed E-state index contributed by atoms with van der Waals surface area (Å²) in [5.41, 5.74) is 0.748. The van der Waals surface area contributed by atoms with Crippen molar-refractivity contribution in [2.45, 2.75) is 93.3 Å². The lowest BCUT2D eigenvalue weighted by molar-refractivity contribution is -0.838. The van der Waals surface area contributed by atoms with Crippen LogP contribution in [0.3, 0.4) is 0 Å². The van der Waals surface area contributed by atoms with Crippen molar-refractivity contribution in [3.63, 3.8) is 0 Å². The zero-order chi connectivity index (χ0) is 35.9. The first-order valence-corrected chi connectivity index (χ1v) is 15.3. The Balaban J connectivity index is 1.44. The number of fused-ring (bicyclic) bond motifs is 1. The maximum absolute atomic E-state index is 12.3. The molecular formula is C30H39N2O17+. The summed E-state index contributed by atoms with van der Waals surface area (Å²) in [7, 11) is 0. The molecule has 19 nitrogen and oxygen atoms in total. The van der Waals surface area contributed by atoms with Crippen LogP contribution < -0.4 is 15.0 Å². The van der Waals surface area contributed by atoms with Crippen LogP contribution in [0.1, 0.15) is 18.9 Å². The van der Waals surface area contributed by atoms with Gasteiger partial charge in [0.05, 0.1) is 12.7 Å². The lowest BCUT2D eigenvalue weighted by Crippen LogP contribution is -3.11. The van der Waals surface area contributed by atoms with Gasteiger partial charge in [-0.2, -0.15) is 0 Å². The lowest BCUT2D eigenvalue weighted by Gasteiger charge is -2.45. The van der Waals surface area contributed by atoms with E-state index in [0.29, 0.717) is 21.7 Å². The van der Waals surface area contributed by atoms with Gasteiger partial charge in [0.1, 0.15) is 60.6 Å². The number of aliphatic carboxylic acids is 3. The Bertz CT molecular complexity index is 1500. The molecule has 0 radical (unpaired) electrons. The molecule has 12 N–H and O–H groups in total. The van der Waals surface area contributed by atoms with Crippen molar-refractivity contribution in [3.8, 4) is 11.5 Å². The summed E-state index contributed by atoms with van der Waals surface area (Å²) >= 11 is 0. The molecule has 2 fully saturated rings. The number of allylic oxidation sites excluding steroid dienone is 1. The number of ether oxygens (including phenoxy) is 4. The van der Waals surface area contributed by atoms with Crippen LogP contribution >= 0.6 is 0 Å². The molecule has 270 valence electrons. The number of quaternary nitrogens is 1. The number of aliphatic hydroxyl groups is 6. The predicted molar refractivity (Wildman–Crippen MR) is 157 cm³/mol. The van der Waals surface area contributed by atoms with Crippen molar-refractivity contribution in [2.75, 3.05) is 13.2 Å². The van der Waals surface area contributed by atoms with Gasteiger partial charge in [-0.1, -0.05) is 0 Å². The fraction of sp³-hybridized carbons (Fsp3) is 0.567. The lowest BCUT2D eigenvalue weighted by atomic mass is 9.97. The minimum absolute atomic E-state index is 0.0288. The van der Waals surface area contributed by atoms with E-state index in [1.165, 1.54) is 31.2 Å². The van der Waals surface area contributed by atoms with Crippen molar-refractivity contribution in [1.82, 2.24) is 5.32 Å². The first-order valence-electron chi connectivity index (χ1n) is 15.3. The predicted octanol–water partition coefficient (Wildman–Crippen LogP) is -4.71. The summed E-state index contributed by atoms with van der Waals surface area (Å²) in [6.07, 6.45) is -13.4. The molecule has 49 heavy (non-hydrogen) atoms. The number of aliphatic hydroxyl groups excluding tert-OH is 6. The second-order valence-electron chi connectivity index (χ2n) is 12.3. The molecule has 5 rings (SSSR count). The van der Waals surface area contributed by atoms with Crippen molar-refractivity contribution in [2.24, 2.45) is 0 Å². The van der Waals surface area contributed by atoms with Crippen molar-refractivity contribution in [1.29, 1.82) is 0 Å². The fourth-order valence-corrected chi connectivity index (χ4v) is 6.31. The topological polar surface area (TPSA) is 307 Å². The summed E-state index contributed by atoms with van der Waals surface area (Å²) in [5, 5.41) is 104. The Kier molecular flexibility index (Phi) is 10.8. The molecule has 4 aliphatic heterocycles. The van der Waals surface area contributed by atoms with Gasteiger partial charge in [-0.15, -0.1) is 0 Å². The van der Waals surface area contributed by atoms with Crippen LogP contribution in [0.25, 0.3) is 0 Å². The highest BCUT2D eigenvalue weighted by atomic mass is 16.8. The van der Waals surface area contributed by atoms with E-state index in [2.05, 4.69) is 5.32 Å². The number of phenols is 1. The van der Waals surface area contributed by atoms with Crippen LogP contribution in [-0.4, -0.2) is 156 Å². The van der Waals surface area contributed by atoms with Gasteiger partial charge in [-0.05, 0) is 30.7 Å². The molecule has 0 aromatic heterocycles. The normalized spacial score (nSPS) is 38.3. The van der Waals surface area contributed by atoms with Crippen LogP contribution in [0.4, 0.5) is 5.69 Å². The molecular weight excluding hydrogens is 660 g/mol. The second kappa shape index (κ2) is 14.5. The minimum Gasteiger partial charge on any atom is -0.504 e. The first kappa shape index (κ1) is 36.4. The Morgan fingerprint density at radius 2 is 1.65 bits per heavy atom. The number of aromatic hydroxyl groups is 1. The van der Waals surface area contributed by atoms with E-state index in [1.807, 2.05) is 0 Å². The van der Waals surface area contributed by atoms with Crippen molar-refractivity contribution < 1.29 is 89.3 Å². The third-order valence-corrected chi connectivity index (χ3v) is 9.05. The second-order valence-corrected chi connectivity index (χ2v) is 12.3. The number of hydrogen-bond acceptors (Lipinski definition) is 15. The molecule has 0 spiro atoms. The van der Waals surface area contributed by atoms with E-state index in [1.54, 1.807) is 0 Å². The Labute approximate surface area is 277 Å². The molecule has 1 aromatic carbocycles. The summed E-state index contributed by atoms with van der Waals surface area (Å²) in [6.45, 7) is 0.558. The Hall–Kier alpha value is -3.89. The molecule has 4 heterocycles. The molecule has 1 aromatic rings. The monoisotopic (exact) mass is 699 g/mol. The number of carbonyl (C=O) groups is 3. The number of carboxylic acid groups (broad SMARTS) is 3. The van der Waals surface area contributed by atoms with Crippen LogP contribution in [0.2, 0.25) is 0 Å². The number of carboxylic acids is 3. The van der Waals surface area contributed by atoms with E-state index >= 15 is 0 Å². The molecule has 0 aliphatic carbocycles. The maximum Gasteiger partial charge on any atom is 0.363 e. The zero-order valence-corrected chi connectivity index (χ0v) is 25.9. The quantitative estimate of drug-likeness (QED) is 0.102. The average Bonchev–Trinajstić information content (AvgIpc) is 3.41. The standard InChI is InChI=1S/C30H38N2O17/c1-10-20(35)22(37)24(39)29(46-10)49-25-23(38)21(36)19(9-33)48-30(25)47-18-8-15-12(7-17(18)34)6-16(28(44)45)32(15)3-2-11-4-13(26(40)41)31-14(5-11)27(42)43/h2,4,7-8,10,14,16,19-25,29-31,33-39H,3,5-6,9H2,1H3,(H,40,41)(H,42,43)(H,44,45)/p+1/b11-2+/t10-,14+,16-,19+,20-,21+,22+,23-,24+,25+,29+,30-/m0/s1. The zero-order valence-electron chi connectivity index (χ0n) is 25.9. The smallest absolute Gasteiger partial charge is 0.363 e. The largest absolute Gasteiger partial charge is 0.504 e. The van der Waals surface area contributed by atoms with Gasteiger partial charge < -0.3 is 75.3 Å². The van der Waals surface area contributed by atoms with Gasteiger partial charge in [0.15, 0.2) is 29.9 Å². The number of hydrogen-bond donors (Lipinski definition) is 12. The maximum atomic E-state index is 12.3. The third kappa shape index (κ3) is 7.36. The van der Waals surface area contributed by atoms with Crippen LogP contribution in [0.15, 0.2) is 35.6 Å². The summed E-state index contributed by atoms with van der Waals surface area (Å²) in [4.78, 5) is 35.8. The van der Waals surface area contributed by atoms with Crippen molar-refractivity contribution in [3.05, 3.63) is 41.1 Å². The molecule has 4 aliphatic rings. The molecule has 0 saturated carbocycles. The highest BCUT2D eigenvalue weighted by molar-refractivity contribution is 5.89. The number of nitrogens with one attached hydrogen (secondary N) is 2. The summed E-state index contributed by atoms with van der Waals surface area (Å²) < 4.78 is 22.7. The van der Waals surface area contributed by atoms with Gasteiger partial charge in [0.25, 0.3) is 0 Å². The van der Waals surface area contributed by atoms with Crippen LogP contribution in [0.5, 0.6) is 11.5 Å². The summed E-state index contributed by atoms with van der Waals surface area (Å²) in [5.74, 6) is -4.63. The molecule has 19 heteroatoms. The minimum atomic E-state index is -1.84. The van der Waals surface area contributed by atoms with Crippen LogP contribution in [0, 0.1) is 0 Å². The highest BCUT2D eigenvalue weighted by Crippen LogP contribution is 2.37. The van der Waals surface area contributed by atoms with E-state index in [0.717, 1.165) is 0 Å². The van der Waals surface area contributed by atoms with Gasteiger partial charge in [-0.3, -0.25) is 4.90 Å². The van der Waals surface area contributed by atoms with E-state index in [9.17, 15) is 65.4 Å². The van der Waals surface area contributed by atoms with Gasteiger partial charge in [0, 0.05) is 24.5 Å². The number of phenolic OH excluding ortho intramolecular Hbond substituents is 1. The average molecular weight is 700 g/mol. The van der Waals surface area contributed by atoms with Gasteiger partial charge in [0.2, 0.25) is 6.29 Å². The van der Waals surface area contributed by atoms with Crippen molar-refractivity contribution >= 4 is 23.6 Å². The van der Waals surface area contributed by atoms with E-state index < -0.39 is 104 Å². The number of benzene rings is 1. The van der Waals surface area contributed by atoms with E-state index in [4.69, 9.17) is 18.9 Å². The highest BCUT2D eigenvalue weighted by Gasteiger charge is 2.51. The fourth-order valence-electron chi connectivity index (χ4n) is 6.31. The van der Waals surface area contributed by atoms with E-state index in [-0.39, 0.29) is 30.8 Å². The molecule has 1 unspecified atom stereocenters. The third-order valence-electron chi connectivity index (χ3n) is 9.05. The SMILES string of the molecule is C[C@@H]1O[C@H](O[C@H]2[C@@H](Oc3cc4c(cc3O)C[C@@H](C(=O)O)[NH+]4C/C=C3\C=C(C(=O)O)N[C@@H](C(=O)O)C3)O[C@H](CO)[C@@H](O)[C@@H]2O)[C@H](O)[C@H](O)[C@H]1O. The van der Waals surface area contributed by atoms with Crippen LogP contribution in [-0.2, 0) is 35.0 Å². The molecule has 0 bridgehead atoms. The Morgan fingerprint density at radius 1 is 0.939 bits per heavy atom.